The zero-order chi connectivity index (χ0) is 11.6. The van der Waals surface area contributed by atoms with E-state index in [2.05, 4.69) is 0 Å². The first-order valence-electron chi connectivity index (χ1n) is 4.67. The molecule has 1 fully saturated rings. The van der Waals surface area contributed by atoms with E-state index in [0.29, 0.717) is 5.69 Å². The summed E-state index contributed by atoms with van der Waals surface area (Å²) in [4.78, 5) is 16.2. The summed E-state index contributed by atoms with van der Waals surface area (Å²) in [5.74, 6) is -1.30. The molecule has 1 heterocycles. The number of carboxylic acids is 1. The van der Waals surface area contributed by atoms with Gasteiger partial charge in [-0.25, -0.2) is 14.7 Å². The molecule has 0 saturated carbocycles. The molecule has 1 atom stereocenters. The standard InChI is InChI=1S/C10H11NO5/c12-6-10(9(13)14)11(16-7-15-10)8-4-2-1-3-5-8/h1-5,12H,6-7H2,(H,13,14)/t10-/m1/s1. The molecule has 86 valence electrons. The molecule has 1 aliphatic rings. The first-order chi connectivity index (χ1) is 7.70. The van der Waals surface area contributed by atoms with Crippen LogP contribution < -0.4 is 5.06 Å². The van der Waals surface area contributed by atoms with Crippen molar-refractivity contribution in [1.29, 1.82) is 0 Å². The molecule has 2 N–H and O–H groups in total. The second kappa shape index (κ2) is 4.09. The Hall–Kier alpha value is -1.63. The van der Waals surface area contributed by atoms with Gasteiger partial charge in [-0.05, 0) is 12.1 Å². The predicted molar refractivity (Wildman–Crippen MR) is 53.4 cm³/mol. The van der Waals surface area contributed by atoms with Gasteiger partial charge in [0.1, 0.15) is 6.61 Å². The molecule has 0 aromatic heterocycles. The number of hydroxylamine groups is 1. The van der Waals surface area contributed by atoms with Crippen molar-refractivity contribution in [2.75, 3.05) is 18.5 Å². The fourth-order valence-corrected chi connectivity index (χ4v) is 1.51. The lowest BCUT2D eigenvalue weighted by atomic mass is 10.2. The van der Waals surface area contributed by atoms with E-state index < -0.39 is 18.3 Å². The van der Waals surface area contributed by atoms with Gasteiger partial charge < -0.3 is 14.9 Å². The van der Waals surface area contributed by atoms with Crippen LogP contribution >= 0.6 is 0 Å². The second-order valence-corrected chi connectivity index (χ2v) is 3.27. The zero-order valence-corrected chi connectivity index (χ0v) is 8.37. The Kier molecular flexibility index (Phi) is 2.78. The number of aliphatic hydroxyl groups excluding tert-OH is 1. The lowest BCUT2D eigenvalue weighted by molar-refractivity contribution is -0.164. The van der Waals surface area contributed by atoms with Crippen LogP contribution in [0.5, 0.6) is 0 Å². The SMILES string of the molecule is O=C(O)[C@@]1(CO)OCON1c1ccccc1. The van der Waals surface area contributed by atoms with Crippen molar-refractivity contribution in [2.45, 2.75) is 5.72 Å². The Labute approximate surface area is 91.6 Å². The number of carboxylic acid groups (broad SMARTS) is 1. The van der Waals surface area contributed by atoms with Crippen LogP contribution in [-0.4, -0.2) is 35.3 Å². The number of para-hydroxylation sites is 1. The van der Waals surface area contributed by atoms with Crippen LogP contribution in [0.2, 0.25) is 0 Å². The van der Waals surface area contributed by atoms with Gasteiger partial charge in [-0.1, -0.05) is 18.2 Å². The summed E-state index contributed by atoms with van der Waals surface area (Å²) in [6.07, 6.45) is 0. The Morgan fingerprint density at radius 3 is 2.69 bits per heavy atom. The van der Waals surface area contributed by atoms with Crippen LogP contribution in [0.3, 0.4) is 0 Å². The Morgan fingerprint density at radius 1 is 1.44 bits per heavy atom. The van der Waals surface area contributed by atoms with Gasteiger partial charge in [0.25, 0.3) is 5.72 Å². The maximum absolute atomic E-state index is 11.1. The molecule has 0 spiro atoms. The van der Waals surface area contributed by atoms with Crippen molar-refractivity contribution in [3.8, 4) is 0 Å². The summed E-state index contributed by atoms with van der Waals surface area (Å²) in [6.45, 7) is -0.904. The van der Waals surface area contributed by atoms with Crippen molar-refractivity contribution >= 4 is 11.7 Å². The third kappa shape index (κ3) is 1.53. The predicted octanol–water partition coefficient (Wildman–Crippen LogP) is 0.185. The number of anilines is 1. The van der Waals surface area contributed by atoms with Crippen molar-refractivity contribution in [1.82, 2.24) is 0 Å². The Morgan fingerprint density at radius 2 is 2.12 bits per heavy atom. The van der Waals surface area contributed by atoms with E-state index in [9.17, 15) is 9.90 Å². The Bertz CT molecular complexity index is 382. The van der Waals surface area contributed by atoms with E-state index in [1.165, 1.54) is 0 Å². The molecular formula is C10H11NO5. The average molecular weight is 225 g/mol. The maximum atomic E-state index is 11.1. The molecule has 1 aromatic carbocycles. The minimum absolute atomic E-state index is 0.207. The van der Waals surface area contributed by atoms with Crippen LogP contribution in [0, 0.1) is 0 Å². The maximum Gasteiger partial charge on any atom is 0.362 e. The number of aliphatic carboxylic acids is 1. The highest BCUT2D eigenvalue weighted by Crippen LogP contribution is 2.30. The highest BCUT2D eigenvalue weighted by Gasteiger charge is 2.51. The van der Waals surface area contributed by atoms with Gasteiger partial charge in [0.15, 0.2) is 6.79 Å². The van der Waals surface area contributed by atoms with E-state index in [0.717, 1.165) is 5.06 Å². The summed E-state index contributed by atoms with van der Waals surface area (Å²) in [6, 6.07) is 8.61. The topological polar surface area (TPSA) is 79.2 Å². The molecule has 0 bridgehead atoms. The third-order valence-corrected chi connectivity index (χ3v) is 2.35. The van der Waals surface area contributed by atoms with Gasteiger partial charge in [-0.2, -0.15) is 0 Å². The fourth-order valence-electron chi connectivity index (χ4n) is 1.51. The van der Waals surface area contributed by atoms with Crippen molar-refractivity contribution in [2.24, 2.45) is 0 Å². The summed E-state index contributed by atoms with van der Waals surface area (Å²) in [5, 5.41) is 19.3. The van der Waals surface area contributed by atoms with Crippen LogP contribution in [0.15, 0.2) is 30.3 Å². The lowest BCUT2D eigenvalue weighted by Crippen LogP contribution is -2.54. The molecule has 0 unspecified atom stereocenters. The number of rotatable bonds is 3. The van der Waals surface area contributed by atoms with Crippen molar-refractivity contribution in [3.63, 3.8) is 0 Å². The highest BCUT2D eigenvalue weighted by atomic mass is 16.9. The summed E-state index contributed by atoms with van der Waals surface area (Å²) in [7, 11) is 0. The highest BCUT2D eigenvalue weighted by molar-refractivity contribution is 5.81. The van der Waals surface area contributed by atoms with Gasteiger partial charge in [0.2, 0.25) is 0 Å². The quantitative estimate of drug-likeness (QED) is 0.764. The number of nitrogens with zero attached hydrogens (tertiary/aromatic N) is 1. The number of aliphatic hydroxyl groups is 1. The van der Waals surface area contributed by atoms with Gasteiger partial charge >= 0.3 is 5.97 Å². The summed E-state index contributed by atoms with van der Waals surface area (Å²) >= 11 is 0. The van der Waals surface area contributed by atoms with Crippen LogP contribution in [0.1, 0.15) is 0 Å². The second-order valence-electron chi connectivity index (χ2n) is 3.27. The fraction of sp³-hybridized carbons (Fsp3) is 0.300. The third-order valence-electron chi connectivity index (χ3n) is 2.35. The van der Waals surface area contributed by atoms with E-state index in [1.807, 2.05) is 0 Å². The molecule has 1 aromatic rings. The van der Waals surface area contributed by atoms with E-state index >= 15 is 0 Å². The molecule has 6 nitrogen and oxygen atoms in total. The van der Waals surface area contributed by atoms with Gasteiger partial charge in [-0.15, -0.1) is 0 Å². The minimum Gasteiger partial charge on any atom is -0.478 e. The molecule has 0 radical (unpaired) electrons. The number of ether oxygens (including phenoxy) is 1. The first-order valence-corrected chi connectivity index (χ1v) is 4.67. The summed E-state index contributed by atoms with van der Waals surface area (Å²) < 4.78 is 4.97. The number of hydrogen-bond donors (Lipinski definition) is 2. The smallest absolute Gasteiger partial charge is 0.362 e. The normalized spacial score (nSPS) is 24.7. The lowest BCUT2D eigenvalue weighted by Gasteiger charge is -2.29. The monoisotopic (exact) mass is 225 g/mol. The summed E-state index contributed by atoms with van der Waals surface area (Å²) in [5.41, 5.74) is -1.35. The van der Waals surface area contributed by atoms with Gasteiger partial charge in [-0.3, -0.25) is 0 Å². The number of benzene rings is 1. The van der Waals surface area contributed by atoms with Gasteiger partial charge in [0, 0.05) is 0 Å². The van der Waals surface area contributed by atoms with Crippen LogP contribution in [0.4, 0.5) is 5.69 Å². The molecule has 1 aliphatic heterocycles. The van der Waals surface area contributed by atoms with E-state index in [1.54, 1.807) is 30.3 Å². The van der Waals surface area contributed by atoms with Crippen LogP contribution in [-0.2, 0) is 14.4 Å². The van der Waals surface area contributed by atoms with Gasteiger partial charge in [0.05, 0.1) is 5.69 Å². The largest absolute Gasteiger partial charge is 0.478 e. The zero-order valence-electron chi connectivity index (χ0n) is 8.37. The minimum atomic E-state index is -1.86. The number of carbonyl (C=O) groups is 1. The van der Waals surface area contributed by atoms with Crippen LogP contribution in [0.25, 0.3) is 0 Å². The molecule has 2 rings (SSSR count). The average Bonchev–Trinajstić information content (AvgIpc) is 2.75. The van der Waals surface area contributed by atoms with E-state index in [4.69, 9.17) is 14.7 Å². The van der Waals surface area contributed by atoms with Crippen molar-refractivity contribution in [3.05, 3.63) is 30.3 Å². The molecule has 6 heteroatoms. The molecule has 16 heavy (non-hydrogen) atoms. The molecular weight excluding hydrogens is 214 g/mol. The molecule has 0 aliphatic carbocycles. The van der Waals surface area contributed by atoms with E-state index in [-0.39, 0.29) is 6.79 Å². The van der Waals surface area contributed by atoms with Crippen molar-refractivity contribution < 1.29 is 24.6 Å². The first kappa shape index (κ1) is 10.9. The molecule has 0 amide bonds. The Balaban J connectivity index is 2.37. The number of hydrogen-bond acceptors (Lipinski definition) is 5. The molecule has 1 saturated heterocycles.